The Morgan fingerprint density at radius 1 is 1.24 bits per heavy atom. The molecule has 2 aliphatic carbocycles. The number of benzene rings is 1. The Morgan fingerprint density at radius 2 is 2.12 bits per heavy atom. The highest BCUT2D eigenvalue weighted by molar-refractivity contribution is 5.96. The second-order valence-corrected chi connectivity index (χ2v) is 8.78. The first kappa shape index (κ1) is 21.6. The van der Waals surface area contributed by atoms with Crippen LogP contribution in [-0.2, 0) is 13.0 Å². The molecule has 0 fully saturated rings. The van der Waals surface area contributed by atoms with Crippen LogP contribution < -0.4 is 0 Å². The SMILES string of the molecule is C=C(C#N)c1cc(C2=CC=C=CC2)nc2nn(Cc3cccc(CC4=CCCC=C4)c3)c(C)c12. The highest BCUT2D eigenvalue weighted by atomic mass is 15.3. The van der Waals surface area contributed by atoms with Crippen molar-refractivity contribution in [3.63, 3.8) is 0 Å². The zero-order chi connectivity index (χ0) is 23.5. The molecule has 0 atom stereocenters. The summed E-state index contributed by atoms with van der Waals surface area (Å²) in [5.74, 6) is 0. The van der Waals surface area contributed by atoms with Gasteiger partial charge in [-0.25, -0.2) is 4.98 Å². The maximum Gasteiger partial charge on any atom is 0.182 e. The van der Waals surface area contributed by atoms with Gasteiger partial charge in [-0.2, -0.15) is 10.4 Å². The van der Waals surface area contributed by atoms with Crippen molar-refractivity contribution in [2.45, 2.75) is 39.2 Å². The number of rotatable bonds is 6. The Balaban J connectivity index is 1.51. The highest BCUT2D eigenvalue weighted by Gasteiger charge is 2.18. The minimum atomic E-state index is 0.426. The molecule has 5 rings (SSSR count). The lowest BCUT2D eigenvalue weighted by molar-refractivity contribution is 0.671. The molecule has 2 aliphatic rings. The second kappa shape index (κ2) is 9.35. The third-order valence-corrected chi connectivity index (χ3v) is 6.38. The predicted molar refractivity (Wildman–Crippen MR) is 138 cm³/mol. The summed E-state index contributed by atoms with van der Waals surface area (Å²) in [5, 5.41) is 15.4. The molecule has 2 heterocycles. The van der Waals surface area contributed by atoms with E-state index in [2.05, 4.69) is 60.9 Å². The quantitative estimate of drug-likeness (QED) is 0.317. The van der Waals surface area contributed by atoms with E-state index in [4.69, 9.17) is 10.1 Å². The molecule has 0 saturated heterocycles. The van der Waals surface area contributed by atoms with E-state index in [-0.39, 0.29) is 0 Å². The standard InChI is InChI=1S/C30H26N4/c1-21(19-31)27-18-28(26-14-7-4-8-15-26)32-30-29(27)22(2)34(33-30)20-25-13-9-12-24(17-25)16-23-10-5-3-6-11-23/h5,7-14,17-18H,1,3,6,15-16,20H2,2H3. The average Bonchev–Trinajstić information content (AvgIpc) is 3.19. The summed E-state index contributed by atoms with van der Waals surface area (Å²) in [5.41, 5.74) is 11.7. The van der Waals surface area contributed by atoms with Gasteiger partial charge < -0.3 is 0 Å². The molecule has 2 aromatic heterocycles. The van der Waals surface area contributed by atoms with Crippen molar-refractivity contribution >= 4 is 22.2 Å². The number of aryl methyl sites for hydroxylation is 1. The fourth-order valence-electron chi connectivity index (χ4n) is 4.58. The highest BCUT2D eigenvalue weighted by Crippen LogP contribution is 2.31. The first-order valence-electron chi connectivity index (χ1n) is 11.6. The van der Waals surface area contributed by atoms with E-state index in [0.717, 1.165) is 53.6 Å². The van der Waals surface area contributed by atoms with Gasteiger partial charge in [0.2, 0.25) is 0 Å². The van der Waals surface area contributed by atoms with Crippen LogP contribution in [0.4, 0.5) is 0 Å². The Hall–Kier alpha value is -4.19. The minimum absolute atomic E-state index is 0.426. The number of aromatic nitrogens is 3. The maximum atomic E-state index is 9.60. The molecular formula is C30H26N4. The summed E-state index contributed by atoms with van der Waals surface area (Å²) < 4.78 is 1.99. The Labute approximate surface area is 200 Å². The van der Waals surface area contributed by atoms with Crippen LogP contribution in [0, 0.1) is 18.3 Å². The van der Waals surface area contributed by atoms with E-state index in [9.17, 15) is 5.26 Å². The Bertz CT molecular complexity index is 1490. The van der Waals surface area contributed by atoms with Crippen LogP contribution in [-0.4, -0.2) is 14.8 Å². The van der Waals surface area contributed by atoms with Crippen molar-refractivity contribution < 1.29 is 0 Å². The Kier molecular flexibility index (Phi) is 5.95. The lowest BCUT2D eigenvalue weighted by atomic mass is 9.98. The Morgan fingerprint density at radius 3 is 2.88 bits per heavy atom. The lowest BCUT2D eigenvalue weighted by Crippen LogP contribution is -2.04. The monoisotopic (exact) mass is 442 g/mol. The molecule has 0 radical (unpaired) electrons. The summed E-state index contributed by atoms with van der Waals surface area (Å²) in [6.07, 6.45) is 16.7. The summed E-state index contributed by atoms with van der Waals surface area (Å²) in [6, 6.07) is 12.9. The van der Waals surface area contributed by atoms with Crippen molar-refractivity contribution in [3.05, 3.63) is 113 Å². The number of fused-ring (bicyclic) bond motifs is 1. The van der Waals surface area contributed by atoms with E-state index in [1.165, 1.54) is 16.7 Å². The molecule has 1 aromatic carbocycles. The van der Waals surface area contributed by atoms with Crippen molar-refractivity contribution in [3.8, 4) is 6.07 Å². The molecule has 0 aliphatic heterocycles. The van der Waals surface area contributed by atoms with E-state index in [0.29, 0.717) is 17.8 Å². The summed E-state index contributed by atoms with van der Waals surface area (Å²) in [7, 11) is 0. The molecule has 166 valence electrons. The summed E-state index contributed by atoms with van der Waals surface area (Å²) in [4.78, 5) is 4.86. The van der Waals surface area contributed by atoms with E-state index < -0.39 is 0 Å². The molecule has 4 nitrogen and oxygen atoms in total. The van der Waals surface area contributed by atoms with Crippen molar-refractivity contribution in [2.24, 2.45) is 0 Å². The van der Waals surface area contributed by atoms with Gasteiger partial charge in [0.15, 0.2) is 5.65 Å². The average molecular weight is 443 g/mol. The van der Waals surface area contributed by atoms with Gasteiger partial charge in [-0.1, -0.05) is 49.1 Å². The van der Waals surface area contributed by atoms with Gasteiger partial charge >= 0.3 is 0 Å². The molecule has 0 amide bonds. The fourth-order valence-corrected chi connectivity index (χ4v) is 4.58. The fraction of sp³-hybridized carbons (Fsp3) is 0.200. The number of nitrogens with zero attached hydrogens (tertiary/aromatic N) is 4. The number of hydrogen-bond donors (Lipinski definition) is 0. The molecule has 0 N–H and O–H groups in total. The third-order valence-electron chi connectivity index (χ3n) is 6.38. The first-order chi connectivity index (χ1) is 16.6. The van der Waals surface area contributed by atoms with E-state index in [1.54, 1.807) is 0 Å². The van der Waals surface area contributed by atoms with Gasteiger partial charge in [0, 0.05) is 17.7 Å². The third kappa shape index (κ3) is 4.35. The zero-order valence-electron chi connectivity index (χ0n) is 19.4. The van der Waals surface area contributed by atoms with Crippen molar-refractivity contribution in [2.75, 3.05) is 0 Å². The summed E-state index contributed by atoms with van der Waals surface area (Å²) >= 11 is 0. The van der Waals surface area contributed by atoms with E-state index >= 15 is 0 Å². The van der Waals surface area contributed by atoms with Gasteiger partial charge in [0.05, 0.1) is 29.3 Å². The molecule has 4 heteroatoms. The molecule has 0 saturated carbocycles. The molecule has 34 heavy (non-hydrogen) atoms. The van der Waals surface area contributed by atoms with Crippen LogP contribution in [0.1, 0.15) is 47.3 Å². The molecule has 0 spiro atoms. The molecule has 0 unspecified atom stereocenters. The number of allylic oxidation sites excluding steroid dienone is 8. The van der Waals surface area contributed by atoms with Crippen molar-refractivity contribution in [1.29, 1.82) is 5.26 Å². The molecule has 3 aromatic rings. The van der Waals surface area contributed by atoms with Gasteiger partial charge in [-0.05, 0) is 72.8 Å². The number of nitriles is 1. The smallest absolute Gasteiger partial charge is 0.182 e. The maximum absolute atomic E-state index is 9.60. The van der Waals surface area contributed by atoms with Crippen LogP contribution in [0.15, 0.2) is 84.7 Å². The van der Waals surface area contributed by atoms with Crippen LogP contribution >= 0.6 is 0 Å². The van der Waals surface area contributed by atoms with Crippen LogP contribution in [0.25, 0.3) is 22.2 Å². The van der Waals surface area contributed by atoms with Crippen LogP contribution in [0.3, 0.4) is 0 Å². The topological polar surface area (TPSA) is 54.5 Å². The largest absolute Gasteiger partial charge is 0.263 e. The van der Waals surface area contributed by atoms with Gasteiger partial charge in [-0.3, -0.25) is 4.68 Å². The minimum Gasteiger partial charge on any atom is -0.263 e. The summed E-state index contributed by atoms with van der Waals surface area (Å²) in [6.45, 7) is 6.68. The van der Waals surface area contributed by atoms with Gasteiger partial charge in [0.1, 0.15) is 0 Å². The van der Waals surface area contributed by atoms with Gasteiger partial charge in [0.25, 0.3) is 0 Å². The van der Waals surface area contributed by atoms with Crippen LogP contribution in [0.2, 0.25) is 0 Å². The number of hydrogen-bond acceptors (Lipinski definition) is 3. The van der Waals surface area contributed by atoms with E-state index in [1.807, 2.05) is 35.9 Å². The number of pyridine rings is 1. The lowest BCUT2D eigenvalue weighted by Gasteiger charge is -2.10. The normalized spacial score (nSPS) is 14.7. The first-order valence-corrected chi connectivity index (χ1v) is 11.6. The zero-order valence-corrected chi connectivity index (χ0v) is 19.4. The molecular weight excluding hydrogens is 416 g/mol. The molecule has 0 bridgehead atoms. The van der Waals surface area contributed by atoms with Gasteiger partial charge in [-0.15, -0.1) is 5.73 Å². The van der Waals surface area contributed by atoms with Crippen molar-refractivity contribution in [1.82, 2.24) is 14.8 Å². The predicted octanol–water partition coefficient (Wildman–Crippen LogP) is 6.64. The second-order valence-electron chi connectivity index (χ2n) is 8.78. The van der Waals surface area contributed by atoms with Crippen LogP contribution in [0.5, 0.6) is 0 Å².